The smallest absolute Gasteiger partial charge is 0.227 e. The van der Waals surface area contributed by atoms with Gasteiger partial charge in [-0.1, -0.05) is 28.1 Å². The van der Waals surface area contributed by atoms with E-state index in [2.05, 4.69) is 21.2 Å². The van der Waals surface area contributed by atoms with Crippen molar-refractivity contribution in [2.45, 2.75) is 12.8 Å². The van der Waals surface area contributed by atoms with Gasteiger partial charge in [-0.25, -0.2) is 0 Å². The lowest BCUT2D eigenvalue weighted by molar-refractivity contribution is -0.141. The van der Waals surface area contributed by atoms with Gasteiger partial charge in [0.15, 0.2) is 0 Å². The second kappa shape index (κ2) is 4.67. The zero-order valence-electron chi connectivity index (χ0n) is 10.3. The molecule has 1 amide bonds. The molecule has 0 unspecified atom stereocenters. The van der Waals surface area contributed by atoms with Crippen molar-refractivity contribution in [1.29, 1.82) is 0 Å². The van der Waals surface area contributed by atoms with Gasteiger partial charge in [0, 0.05) is 29.5 Å². The Hall–Kier alpha value is -0.870. The largest absolute Gasteiger partial charge is 0.341 e. The van der Waals surface area contributed by atoms with Crippen LogP contribution in [0.15, 0.2) is 28.7 Å². The molecule has 0 aliphatic carbocycles. The Labute approximate surface area is 116 Å². The van der Waals surface area contributed by atoms with Crippen molar-refractivity contribution in [2.24, 2.45) is 5.41 Å². The van der Waals surface area contributed by atoms with E-state index in [1.54, 1.807) is 0 Å². The lowest BCUT2D eigenvalue weighted by Gasteiger charge is -2.47. The molecule has 2 aliphatic rings. The van der Waals surface area contributed by atoms with E-state index >= 15 is 0 Å². The van der Waals surface area contributed by atoms with E-state index in [4.69, 9.17) is 0 Å². The summed E-state index contributed by atoms with van der Waals surface area (Å²) in [4.78, 5) is 14.1. The number of halogens is 1. The van der Waals surface area contributed by atoms with Gasteiger partial charge in [0.05, 0.1) is 6.42 Å². The maximum atomic E-state index is 12.1. The monoisotopic (exact) mass is 308 g/mol. The highest BCUT2D eigenvalue weighted by atomic mass is 79.9. The number of nitrogens with zero attached hydrogens (tertiary/aromatic N) is 1. The van der Waals surface area contributed by atoms with Gasteiger partial charge in [-0.05, 0) is 30.7 Å². The van der Waals surface area contributed by atoms with Crippen LogP contribution in [0.25, 0.3) is 0 Å². The number of likely N-dealkylation sites (tertiary alicyclic amines) is 1. The number of hydrogen-bond donors (Lipinski definition) is 1. The molecule has 3 rings (SSSR count). The van der Waals surface area contributed by atoms with Crippen LogP contribution in [0.5, 0.6) is 0 Å². The first-order valence-electron chi connectivity index (χ1n) is 6.40. The predicted octanol–water partition coefficient (Wildman–Crippen LogP) is 1.81. The molecule has 0 aromatic heterocycles. The van der Waals surface area contributed by atoms with Crippen LogP contribution < -0.4 is 5.32 Å². The van der Waals surface area contributed by atoms with Crippen LogP contribution in [0.3, 0.4) is 0 Å². The van der Waals surface area contributed by atoms with Crippen molar-refractivity contribution in [2.75, 3.05) is 26.2 Å². The summed E-state index contributed by atoms with van der Waals surface area (Å²) in [6.45, 7) is 4.06. The lowest BCUT2D eigenvalue weighted by Crippen LogP contribution is -2.59. The van der Waals surface area contributed by atoms with Crippen molar-refractivity contribution < 1.29 is 4.79 Å². The molecule has 0 saturated carbocycles. The minimum Gasteiger partial charge on any atom is -0.341 e. The molecule has 0 radical (unpaired) electrons. The summed E-state index contributed by atoms with van der Waals surface area (Å²) in [6, 6.07) is 7.99. The fraction of sp³-hybridized carbons (Fsp3) is 0.500. The normalized spacial score (nSPS) is 21.1. The van der Waals surface area contributed by atoms with E-state index in [1.807, 2.05) is 29.2 Å². The molecule has 2 saturated heterocycles. The molecule has 2 heterocycles. The third-order valence-electron chi connectivity index (χ3n) is 4.01. The third-order valence-corrected chi connectivity index (χ3v) is 4.53. The molecule has 1 spiro atoms. The van der Waals surface area contributed by atoms with Crippen molar-refractivity contribution >= 4 is 21.8 Å². The van der Waals surface area contributed by atoms with E-state index in [1.165, 1.54) is 6.42 Å². The second-order valence-corrected chi connectivity index (χ2v) is 6.40. The highest BCUT2D eigenvalue weighted by Crippen LogP contribution is 2.36. The lowest BCUT2D eigenvalue weighted by atomic mass is 9.79. The Morgan fingerprint density at radius 2 is 2.06 bits per heavy atom. The highest BCUT2D eigenvalue weighted by Gasteiger charge is 2.46. The van der Waals surface area contributed by atoms with Crippen molar-refractivity contribution in [3.05, 3.63) is 34.3 Å². The number of hydrogen-bond acceptors (Lipinski definition) is 2. The Balaban J connectivity index is 1.55. The van der Waals surface area contributed by atoms with Crippen LogP contribution in [0.2, 0.25) is 0 Å². The Bertz CT molecular complexity index is 443. The Morgan fingerprint density at radius 3 is 2.67 bits per heavy atom. The summed E-state index contributed by atoms with van der Waals surface area (Å²) < 4.78 is 1.05. The molecule has 4 heteroatoms. The first-order chi connectivity index (χ1) is 8.67. The molecule has 0 bridgehead atoms. The summed E-state index contributed by atoms with van der Waals surface area (Å²) >= 11 is 3.40. The van der Waals surface area contributed by atoms with Gasteiger partial charge in [-0.15, -0.1) is 0 Å². The van der Waals surface area contributed by atoms with Crippen molar-refractivity contribution in [3.8, 4) is 0 Å². The summed E-state index contributed by atoms with van der Waals surface area (Å²) in [5.41, 5.74) is 1.49. The molecule has 3 nitrogen and oxygen atoms in total. The molecule has 1 N–H and O–H groups in total. The van der Waals surface area contributed by atoms with E-state index < -0.39 is 0 Å². The number of carbonyl (C=O) groups excluding carboxylic acids is 1. The molecule has 96 valence electrons. The zero-order valence-corrected chi connectivity index (χ0v) is 11.9. The Kier molecular flexibility index (Phi) is 3.16. The fourth-order valence-electron chi connectivity index (χ4n) is 2.89. The van der Waals surface area contributed by atoms with Crippen LogP contribution in [0.4, 0.5) is 0 Å². The third kappa shape index (κ3) is 2.31. The summed E-state index contributed by atoms with van der Waals surface area (Å²) in [5, 5.41) is 3.39. The average Bonchev–Trinajstić information content (AvgIpc) is 2.79. The standard InChI is InChI=1S/C14H17BrN2O/c15-12-3-1-11(2-4-12)7-13(18)17-9-14(10-17)5-6-16-8-14/h1-4,16H,5-10H2. The van der Waals surface area contributed by atoms with E-state index in [-0.39, 0.29) is 5.91 Å². The maximum Gasteiger partial charge on any atom is 0.227 e. The second-order valence-electron chi connectivity index (χ2n) is 5.48. The number of amides is 1. The predicted molar refractivity (Wildman–Crippen MR) is 74.3 cm³/mol. The molecule has 2 aliphatic heterocycles. The quantitative estimate of drug-likeness (QED) is 0.904. The summed E-state index contributed by atoms with van der Waals surface area (Å²) in [6.07, 6.45) is 1.74. The summed E-state index contributed by atoms with van der Waals surface area (Å²) in [5.74, 6) is 0.259. The molecule has 1 aromatic carbocycles. The average molecular weight is 309 g/mol. The Morgan fingerprint density at radius 1 is 1.33 bits per heavy atom. The first-order valence-corrected chi connectivity index (χ1v) is 7.19. The van der Waals surface area contributed by atoms with Gasteiger partial charge in [-0.3, -0.25) is 4.79 Å². The number of rotatable bonds is 2. The topological polar surface area (TPSA) is 32.3 Å². The van der Waals surface area contributed by atoms with Crippen LogP contribution in [-0.2, 0) is 11.2 Å². The SMILES string of the molecule is O=C(Cc1ccc(Br)cc1)N1CC2(CCNC2)C1. The number of benzene rings is 1. The van der Waals surface area contributed by atoms with Crippen molar-refractivity contribution in [1.82, 2.24) is 10.2 Å². The van der Waals surface area contributed by atoms with Gasteiger partial charge in [0.25, 0.3) is 0 Å². The molecule has 18 heavy (non-hydrogen) atoms. The van der Waals surface area contributed by atoms with Crippen molar-refractivity contribution in [3.63, 3.8) is 0 Å². The molecule has 2 fully saturated rings. The maximum absolute atomic E-state index is 12.1. The van der Waals surface area contributed by atoms with Crippen LogP contribution in [0.1, 0.15) is 12.0 Å². The minimum atomic E-state index is 0.259. The molecule has 1 aromatic rings. The van der Waals surface area contributed by atoms with Gasteiger partial charge >= 0.3 is 0 Å². The highest BCUT2D eigenvalue weighted by molar-refractivity contribution is 9.10. The van der Waals surface area contributed by atoms with Crippen LogP contribution >= 0.6 is 15.9 Å². The van der Waals surface area contributed by atoms with Crippen LogP contribution in [0, 0.1) is 5.41 Å². The van der Waals surface area contributed by atoms with E-state index in [9.17, 15) is 4.79 Å². The zero-order chi connectivity index (χ0) is 12.6. The van der Waals surface area contributed by atoms with Gasteiger partial charge in [0.2, 0.25) is 5.91 Å². The van der Waals surface area contributed by atoms with Gasteiger partial charge < -0.3 is 10.2 Å². The van der Waals surface area contributed by atoms with Gasteiger partial charge in [0.1, 0.15) is 0 Å². The van der Waals surface area contributed by atoms with E-state index in [0.717, 1.165) is 36.2 Å². The molecular weight excluding hydrogens is 292 g/mol. The first kappa shape index (κ1) is 12.2. The number of nitrogens with one attached hydrogen (secondary N) is 1. The van der Waals surface area contributed by atoms with Crippen LogP contribution in [-0.4, -0.2) is 37.0 Å². The number of carbonyl (C=O) groups is 1. The van der Waals surface area contributed by atoms with E-state index in [0.29, 0.717) is 11.8 Å². The summed E-state index contributed by atoms with van der Waals surface area (Å²) in [7, 11) is 0. The molecule has 0 atom stereocenters. The minimum absolute atomic E-state index is 0.259. The fourth-order valence-corrected chi connectivity index (χ4v) is 3.16. The van der Waals surface area contributed by atoms with Gasteiger partial charge in [-0.2, -0.15) is 0 Å². The molecular formula is C14H17BrN2O.